The van der Waals surface area contributed by atoms with Crippen LogP contribution in [0, 0.1) is 17.8 Å². The van der Waals surface area contributed by atoms with Crippen molar-refractivity contribution in [2.45, 2.75) is 58.4 Å². The van der Waals surface area contributed by atoms with E-state index in [-0.39, 0.29) is 5.41 Å². The minimum atomic E-state index is 0.182. The summed E-state index contributed by atoms with van der Waals surface area (Å²) in [5.41, 5.74) is 1.63. The summed E-state index contributed by atoms with van der Waals surface area (Å²) in [6.45, 7) is 9.63. The summed E-state index contributed by atoms with van der Waals surface area (Å²) in [5, 5.41) is 3.65. The molecule has 1 saturated carbocycles. The summed E-state index contributed by atoms with van der Waals surface area (Å²) >= 11 is 0. The lowest BCUT2D eigenvalue weighted by Gasteiger charge is -2.44. The predicted molar refractivity (Wildman–Crippen MR) is 88.0 cm³/mol. The summed E-state index contributed by atoms with van der Waals surface area (Å²) in [5.74, 6) is 2.54. The zero-order valence-corrected chi connectivity index (χ0v) is 13.8. The number of nitrogens with one attached hydrogen (secondary N) is 1. The van der Waals surface area contributed by atoms with E-state index < -0.39 is 0 Å². The normalized spacial score (nSPS) is 29.1. The van der Waals surface area contributed by atoms with Crippen LogP contribution in [0.2, 0.25) is 0 Å². The highest BCUT2D eigenvalue weighted by Crippen LogP contribution is 2.40. The molecule has 0 heterocycles. The van der Waals surface area contributed by atoms with Crippen LogP contribution in [0.5, 0.6) is 0 Å². The first-order chi connectivity index (χ1) is 9.46. The fourth-order valence-corrected chi connectivity index (χ4v) is 4.13. The molecular formula is C19H31N. The van der Waals surface area contributed by atoms with E-state index in [9.17, 15) is 0 Å². The fourth-order valence-electron chi connectivity index (χ4n) is 4.13. The molecule has 1 heteroatoms. The van der Waals surface area contributed by atoms with Crippen LogP contribution in [0.25, 0.3) is 0 Å². The van der Waals surface area contributed by atoms with Gasteiger partial charge in [0.15, 0.2) is 0 Å². The third-order valence-electron chi connectivity index (χ3n) is 5.72. The smallest absolute Gasteiger partial charge is 0.0184 e. The van der Waals surface area contributed by atoms with Crippen LogP contribution < -0.4 is 5.32 Å². The lowest BCUT2D eigenvalue weighted by molar-refractivity contribution is 0.140. The van der Waals surface area contributed by atoms with E-state index in [0.29, 0.717) is 6.04 Å². The molecule has 0 amide bonds. The van der Waals surface area contributed by atoms with Crippen LogP contribution in [-0.2, 0) is 5.41 Å². The van der Waals surface area contributed by atoms with Crippen molar-refractivity contribution in [3.63, 3.8) is 0 Å². The van der Waals surface area contributed by atoms with E-state index in [1.807, 2.05) is 0 Å². The Bertz CT molecular complexity index is 409. The van der Waals surface area contributed by atoms with Crippen molar-refractivity contribution >= 4 is 0 Å². The van der Waals surface area contributed by atoms with Gasteiger partial charge in [0.25, 0.3) is 0 Å². The summed E-state index contributed by atoms with van der Waals surface area (Å²) < 4.78 is 0. The monoisotopic (exact) mass is 273 g/mol. The fraction of sp³-hybridized carbons (Fsp3) is 0.684. The second kappa shape index (κ2) is 6.30. The zero-order chi connectivity index (χ0) is 14.8. The van der Waals surface area contributed by atoms with Crippen molar-refractivity contribution in [1.29, 1.82) is 0 Å². The molecule has 0 bridgehead atoms. The van der Waals surface area contributed by atoms with Gasteiger partial charge in [0.1, 0.15) is 0 Å². The van der Waals surface area contributed by atoms with E-state index >= 15 is 0 Å². The first-order valence-corrected chi connectivity index (χ1v) is 8.19. The number of likely N-dealkylation sites (N-methyl/N-ethyl adjacent to an activating group) is 1. The summed E-state index contributed by atoms with van der Waals surface area (Å²) in [4.78, 5) is 0. The van der Waals surface area contributed by atoms with Crippen LogP contribution in [0.3, 0.4) is 0 Å². The summed E-state index contributed by atoms with van der Waals surface area (Å²) in [6.07, 6.45) is 4.12. The van der Waals surface area contributed by atoms with Crippen molar-refractivity contribution in [1.82, 2.24) is 5.32 Å². The Labute approximate surface area is 125 Å². The molecule has 20 heavy (non-hydrogen) atoms. The van der Waals surface area contributed by atoms with E-state index in [1.165, 1.54) is 24.8 Å². The first kappa shape index (κ1) is 15.6. The highest BCUT2D eigenvalue weighted by molar-refractivity contribution is 5.26. The lowest BCUT2D eigenvalue weighted by Crippen LogP contribution is -2.49. The maximum Gasteiger partial charge on any atom is 0.0184 e. The van der Waals surface area contributed by atoms with Crippen LogP contribution in [0.15, 0.2) is 30.3 Å². The van der Waals surface area contributed by atoms with Crippen molar-refractivity contribution in [2.24, 2.45) is 17.8 Å². The molecule has 112 valence electrons. The van der Waals surface area contributed by atoms with Crippen LogP contribution >= 0.6 is 0 Å². The number of hydrogen-bond donors (Lipinski definition) is 1. The average Bonchev–Trinajstić information content (AvgIpc) is 2.44. The molecule has 0 aliphatic heterocycles. The van der Waals surface area contributed by atoms with Gasteiger partial charge in [0, 0.05) is 11.5 Å². The van der Waals surface area contributed by atoms with Gasteiger partial charge in [-0.2, -0.15) is 0 Å². The van der Waals surface area contributed by atoms with E-state index in [1.54, 1.807) is 0 Å². The molecule has 0 aromatic heterocycles. The number of hydrogen-bond acceptors (Lipinski definition) is 1. The highest BCUT2D eigenvalue weighted by Gasteiger charge is 2.38. The summed E-state index contributed by atoms with van der Waals surface area (Å²) in [6, 6.07) is 11.5. The molecule has 0 radical (unpaired) electrons. The molecule has 1 aromatic rings. The van der Waals surface area contributed by atoms with Gasteiger partial charge in [-0.25, -0.2) is 0 Å². The molecule has 0 spiro atoms. The van der Waals surface area contributed by atoms with Gasteiger partial charge in [-0.3, -0.25) is 0 Å². The molecule has 2 rings (SSSR count). The Balaban J connectivity index is 2.19. The quantitative estimate of drug-likeness (QED) is 0.843. The van der Waals surface area contributed by atoms with Gasteiger partial charge in [0.2, 0.25) is 0 Å². The first-order valence-electron chi connectivity index (χ1n) is 8.19. The maximum atomic E-state index is 3.65. The van der Waals surface area contributed by atoms with Gasteiger partial charge in [-0.15, -0.1) is 0 Å². The molecule has 1 aliphatic rings. The Kier molecular flexibility index (Phi) is 4.90. The minimum Gasteiger partial charge on any atom is -0.316 e. The predicted octanol–water partition coefficient (Wildman–Crippen LogP) is 4.62. The van der Waals surface area contributed by atoms with E-state index in [4.69, 9.17) is 0 Å². The Hall–Kier alpha value is -0.820. The second-order valence-electron chi connectivity index (χ2n) is 7.38. The minimum absolute atomic E-state index is 0.182. The lowest BCUT2D eigenvalue weighted by atomic mass is 9.65. The van der Waals surface area contributed by atoms with Crippen molar-refractivity contribution in [3.05, 3.63) is 35.9 Å². The standard InChI is InChI=1S/C19H31N/c1-14-11-12-16(13-15(14)2)18(20-5)19(3,4)17-9-7-6-8-10-17/h6-10,14-16,18,20H,11-13H2,1-5H3. The molecule has 1 aromatic carbocycles. The molecule has 0 saturated heterocycles. The molecule has 4 atom stereocenters. The van der Waals surface area contributed by atoms with Crippen LogP contribution in [0.1, 0.15) is 52.5 Å². The van der Waals surface area contributed by atoms with Gasteiger partial charge >= 0.3 is 0 Å². The Morgan fingerprint density at radius 2 is 1.70 bits per heavy atom. The van der Waals surface area contributed by atoms with Crippen molar-refractivity contribution < 1.29 is 0 Å². The van der Waals surface area contributed by atoms with E-state index in [2.05, 4.69) is 70.4 Å². The topological polar surface area (TPSA) is 12.0 Å². The summed E-state index contributed by atoms with van der Waals surface area (Å²) in [7, 11) is 2.14. The molecule has 4 unspecified atom stereocenters. The average molecular weight is 273 g/mol. The van der Waals surface area contributed by atoms with Crippen LogP contribution in [-0.4, -0.2) is 13.1 Å². The van der Waals surface area contributed by atoms with Gasteiger partial charge in [0.05, 0.1) is 0 Å². The molecule has 1 N–H and O–H groups in total. The molecular weight excluding hydrogens is 242 g/mol. The molecule has 1 fully saturated rings. The maximum absolute atomic E-state index is 3.65. The van der Waals surface area contributed by atoms with Crippen molar-refractivity contribution in [2.75, 3.05) is 7.05 Å². The van der Waals surface area contributed by atoms with Gasteiger partial charge < -0.3 is 5.32 Å². The molecule has 1 nitrogen and oxygen atoms in total. The van der Waals surface area contributed by atoms with E-state index in [0.717, 1.165) is 17.8 Å². The molecule has 1 aliphatic carbocycles. The second-order valence-corrected chi connectivity index (χ2v) is 7.38. The Morgan fingerprint density at radius 3 is 2.25 bits per heavy atom. The van der Waals surface area contributed by atoms with Crippen molar-refractivity contribution in [3.8, 4) is 0 Å². The third-order valence-corrected chi connectivity index (χ3v) is 5.72. The van der Waals surface area contributed by atoms with Crippen LogP contribution in [0.4, 0.5) is 0 Å². The number of rotatable bonds is 4. The third kappa shape index (κ3) is 3.09. The SMILES string of the molecule is CNC(C1CCC(C)C(C)C1)C(C)(C)c1ccccc1. The number of benzene rings is 1. The highest BCUT2D eigenvalue weighted by atomic mass is 14.9. The zero-order valence-electron chi connectivity index (χ0n) is 13.8. The van der Waals surface area contributed by atoms with Gasteiger partial charge in [-0.05, 0) is 43.2 Å². The van der Waals surface area contributed by atoms with Gasteiger partial charge in [-0.1, -0.05) is 64.4 Å². The largest absolute Gasteiger partial charge is 0.316 e. The Morgan fingerprint density at radius 1 is 1.05 bits per heavy atom.